The number of hydrogen-bond acceptors (Lipinski definition) is 4. The maximum atomic E-state index is 5.96. The van der Waals surface area contributed by atoms with E-state index in [0.29, 0.717) is 0 Å². The fourth-order valence-corrected chi connectivity index (χ4v) is 104. The van der Waals surface area contributed by atoms with Crippen LogP contribution in [0.1, 0.15) is 0 Å². The molecular weight excluding hydrogens is 895 g/mol. The van der Waals surface area contributed by atoms with Crippen molar-refractivity contribution in [2.75, 3.05) is 43.4 Å². The van der Waals surface area contributed by atoms with Crippen LogP contribution >= 0.6 is 28.8 Å². The molecule has 1 aliphatic heterocycles. The zero-order valence-electron chi connectivity index (χ0n) is 24.4. The minimum absolute atomic E-state index is 1.32. The standard InChI is InChI=1S/C8H20N4P4.12CH3.4Sn/c1-13(2)9-14(3,4)11-16(7,8)12-15(5,6)10-13;;;;;;;;;;;;;;;;/h1,3,5,7H2,2,4,6,8H3;12*1H3;;;;. The summed E-state index contributed by atoms with van der Waals surface area (Å²) in [6.45, 7) is 9.99. The molecule has 0 aromatic rings. The molecule has 0 atom stereocenters. The van der Waals surface area contributed by atoms with Gasteiger partial charge in [0, 0.05) is 0 Å². The van der Waals surface area contributed by atoms with Gasteiger partial charge in [0.25, 0.3) is 0 Å². The van der Waals surface area contributed by atoms with Crippen LogP contribution in [0.15, 0.2) is 18.1 Å². The molecule has 0 radical (unpaired) electrons. The van der Waals surface area contributed by atoms with Crippen LogP contribution in [0.3, 0.4) is 0 Å². The normalized spacial score (nSPS) is 35.0. The van der Waals surface area contributed by atoms with Crippen LogP contribution in [0.4, 0.5) is 0 Å². The Kier molecular flexibility index (Phi) is 12.1. The summed E-state index contributed by atoms with van der Waals surface area (Å²) in [5.41, 5.74) is 0. The van der Waals surface area contributed by atoms with E-state index in [9.17, 15) is 0 Å². The summed E-state index contributed by atoms with van der Waals surface area (Å²) < 4.78 is 29.1. The third-order valence-electron chi connectivity index (χ3n) is 4.64. The zero-order valence-corrected chi connectivity index (χ0v) is 39.4. The quantitative estimate of drug-likeness (QED) is 0.172. The van der Waals surface area contributed by atoms with Crippen molar-refractivity contribution in [3.05, 3.63) is 0 Å². The molecule has 32 heavy (non-hydrogen) atoms. The fourth-order valence-electron chi connectivity index (χ4n) is 5.58. The van der Waals surface area contributed by atoms with Gasteiger partial charge in [-0.15, -0.1) is 0 Å². The Morgan fingerprint density at radius 2 is 0.469 bits per heavy atom. The van der Waals surface area contributed by atoms with Crippen LogP contribution in [0.2, 0.25) is 59.3 Å². The average molecular weight is 951 g/mol. The van der Waals surface area contributed by atoms with E-state index in [0.717, 1.165) is 0 Å². The molecule has 0 aliphatic carbocycles. The summed E-state index contributed by atoms with van der Waals surface area (Å²) in [4.78, 5) is 31.0. The van der Waals surface area contributed by atoms with Crippen molar-refractivity contribution in [3.8, 4) is 0 Å². The number of hydrogen-bond donors (Lipinski definition) is 0. The molecule has 0 spiro atoms. The molecule has 1 heterocycles. The van der Waals surface area contributed by atoms with Crippen molar-refractivity contribution in [2.24, 2.45) is 18.1 Å². The van der Waals surface area contributed by atoms with Crippen molar-refractivity contribution in [2.45, 2.75) is 59.3 Å². The number of rotatable bonds is 8. The summed E-state index contributed by atoms with van der Waals surface area (Å²) in [7, 11) is -6.89. The second-order valence-corrected chi connectivity index (χ2v) is 97.7. The van der Waals surface area contributed by atoms with Gasteiger partial charge in [-0.05, 0) is 0 Å². The second-order valence-electron chi connectivity index (χ2n) is 15.6. The summed E-state index contributed by atoms with van der Waals surface area (Å²) in [6, 6.07) is 0. The van der Waals surface area contributed by atoms with E-state index in [2.05, 4.69) is 85.9 Å². The summed E-state index contributed by atoms with van der Waals surface area (Å²) in [6.07, 6.45) is 0. The minimum atomic E-state index is -2.09. The van der Waals surface area contributed by atoms with Gasteiger partial charge in [0.05, 0.1) is 0 Å². The SMILES string of the molecule is CP1([CH2][Sn]([CH3])([CH3])[CH3])=NP(C)([CH2][Sn]([CH3])([CH3])[CH3])=NP(C)([CH2][Sn]([CH3])([CH3])[CH3])=NP(C)([CH2][Sn]([CH3])([CH3])[CH3])=N1. The van der Waals surface area contributed by atoms with E-state index >= 15 is 0 Å². The monoisotopic (exact) mass is 956 g/mol. The van der Waals surface area contributed by atoms with Gasteiger partial charge in [-0.1, -0.05) is 0 Å². The van der Waals surface area contributed by atoms with Crippen LogP contribution in [-0.4, -0.2) is 117 Å². The third kappa shape index (κ3) is 13.8. The molecule has 0 fully saturated rings. The molecule has 0 saturated heterocycles. The first-order chi connectivity index (χ1) is 13.7. The molecular formula is C20H56N4P4Sn4. The van der Waals surface area contributed by atoms with E-state index in [4.69, 9.17) is 18.1 Å². The van der Waals surface area contributed by atoms with Crippen molar-refractivity contribution >= 4 is 102 Å². The summed E-state index contributed by atoms with van der Waals surface area (Å²) in [5, 5.41) is 0. The molecule has 0 N–H and O–H groups in total. The third-order valence-corrected chi connectivity index (χ3v) is 76.2. The molecule has 12 heteroatoms. The first-order valence-electron chi connectivity index (χ1n) is 12.1. The molecule has 0 amide bonds. The molecule has 1 aliphatic rings. The molecule has 0 unspecified atom stereocenters. The maximum absolute atomic E-state index is 5.96. The van der Waals surface area contributed by atoms with Gasteiger partial charge in [0.15, 0.2) is 0 Å². The molecule has 0 aromatic carbocycles. The first kappa shape index (κ1) is 34.1. The topological polar surface area (TPSA) is 49.4 Å². The number of nitrogens with zero attached hydrogens (tertiary/aromatic N) is 4. The van der Waals surface area contributed by atoms with Crippen molar-refractivity contribution in [1.29, 1.82) is 0 Å². The Morgan fingerprint density at radius 3 is 0.562 bits per heavy atom. The van der Waals surface area contributed by atoms with Gasteiger partial charge in [0.2, 0.25) is 0 Å². The Morgan fingerprint density at radius 1 is 0.344 bits per heavy atom. The van der Waals surface area contributed by atoms with Crippen LogP contribution < -0.4 is 0 Å². The van der Waals surface area contributed by atoms with Gasteiger partial charge in [0.1, 0.15) is 0 Å². The van der Waals surface area contributed by atoms with Crippen LogP contribution in [-0.2, 0) is 0 Å². The van der Waals surface area contributed by atoms with Gasteiger partial charge in [-0.25, -0.2) is 0 Å². The Balaban J connectivity index is 4.10. The van der Waals surface area contributed by atoms with Gasteiger partial charge in [-0.3, -0.25) is 0 Å². The Labute approximate surface area is 219 Å². The predicted octanol–water partition coefficient (Wildman–Crippen LogP) is 10.5. The molecule has 4 nitrogen and oxygen atoms in total. The van der Waals surface area contributed by atoms with Crippen LogP contribution in [0.25, 0.3) is 0 Å². The van der Waals surface area contributed by atoms with Crippen molar-refractivity contribution in [1.82, 2.24) is 0 Å². The average Bonchev–Trinajstić information content (AvgIpc) is 2.21. The summed E-state index contributed by atoms with van der Waals surface area (Å²) >= 11 is -8.37. The van der Waals surface area contributed by atoms with Crippen LogP contribution in [0.5, 0.6) is 0 Å². The molecule has 1 rings (SSSR count). The van der Waals surface area contributed by atoms with Crippen LogP contribution in [0, 0.1) is 0 Å². The summed E-state index contributed by atoms with van der Waals surface area (Å²) in [5.74, 6) is 0. The van der Waals surface area contributed by atoms with Crippen molar-refractivity contribution < 1.29 is 0 Å². The fraction of sp³-hybridized carbons (Fsp3) is 1.00. The second kappa shape index (κ2) is 11.3. The van der Waals surface area contributed by atoms with Gasteiger partial charge >= 0.3 is 223 Å². The van der Waals surface area contributed by atoms with Crippen molar-refractivity contribution in [3.63, 3.8) is 0 Å². The molecule has 0 saturated carbocycles. The first-order valence-corrected chi connectivity index (χ1v) is 63.7. The predicted molar refractivity (Wildman–Crippen MR) is 174 cm³/mol. The van der Waals surface area contributed by atoms with E-state index in [-0.39, 0.29) is 0 Å². The van der Waals surface area contributed by atoms with E-state index in [1.54, 1.807) is 0 Å². The molecule has 192 valence electrons. The van der Waals surface area contributed by atoms with E-state index < -0.39 is 102 Å². The molecule has 0 aromatic heterocycles. The van der Waals surface area contributed by atoms with Gasteiger partial charge < -0.3 is 0 Å². The zero-order chi connectivity index (χ0) is 25.7. The van der Waals surface area contributed by atoms with E-state index in [1.807, 2.05) is 0 Å². The Hall–Kier alpha value is 4.11. The molecule has 0 bridgehead atoms. The Bertz CT molecular complexity index is 755. The van der Waals surface area contributed by atoms with Gasteiger partial charge in [-0.2, -0.15) is 0 Å². The van der Waals surface area contributed by atoms with E-state index in [1.165, 1.54) is 16.7 Å².